The summed E-state index contributed by atoms with van der Waals surface area (Å²) in [6.07, 6.45) is 3.55. The van der Waals surface area contributed by atoms with Gasteiger partial charge >= 0.3 is 6.03 Å². The summed E-state index contributed by atoms with van der Waals surface area (Å²) in [7, 11) is 0. The molecular formula is C17H22FN5O. The Kier molecular flexibility index (Phi) is 4.80. The first-order valence-corrected chi connectivity index (χ1v) is 8.11. The van der Waals surface area contributed by atoms with Gasteiger partial charge in [0, 0.05) is 24.7 Å². The number of rotatable bonds is 3. The van der Waals surface area contributed by atoms with Crippen LogP contribution in [-0.4, -0.2) is 39.8 Å². The monoisotopic (exact) mass is 331 g/mol. The number of nitrogens with zero attached hydrogens (tertiary/aromatic N) is 3. The summed E-state index contributed by atoms with van der Waals surface area (Å²) in [4.78, 5) is 14.2. The van der Waals surface area contributed by atoms with Crippen molar-refractivity contribution >= 4 is 11.8 Å². The van der Waals surface area contributed by atoms with Gasteiger partial charge in [0.05, 0.1) is 12.7 Å². The summed E-state index contributed by atoms with van der Waals surface area (Å²) < 4.78 is 15.0. The molecule has 7 heteroatoms. The maximum Gasteiger partial charge on any atom is 0.323 e. The topological polar surface area (TPSA) is 76.2 Å². The fourth-order valence-corrected chi connectivity index (χ4v) is 2.94. The highest BCUT2D eigenvalue weighted by Crippen LogP contribution is 2.18. The van der Waals surface area contributed by atoms with Gasteiger partial charge in [-0.1, -0.05) is 12.1 Å². The first-order chi connectivity index (χ1) is 11.5. The molecule has 2 aromatic rings. The van der Waals surface area contributed by atoms with Gasteiger partial charge in [-0.3, -0.25) is 5.32 Å². The number of aromatic nitrogens is 2. The van der Waals surface area contributed by atoms with Gasteiger partial charge in [-0.05, 0) is 37.5 Å². The van der Waals surface area contributed by atoms with E-state index in [0.29, 0.717) is 25.5 Å². The number of piperidine rings is 1. The molecule has 1 aliphatic heterocycles. The molecule has 2 heterocycles. The molecule has 0 bridgehead atoms. The molecule has 1 aromatic heterocycles. The minimum Gasteiger partial charge on any atom is -0.326 e. The lowest BCUT2D eigenvalue weighted by Gasteiger charge is -2.30. The molecule has 0 aliphatic carbocycles. The fourth-order valence-electron chi connectivity index (χ4n) is 2.94. The lowest BCUT2D eigenvalue weighted by atomic mass is 10.1. The van der Waals surface area contributed by atoms with Crippen LogP contribution in [-0.2, 0) is 6.54 Å². The molecule has 0 unspecified atom stereocenters. The molecule has 0 radical (unpaired) electrons. The fraction of sp³-hybridized carbons (Fsp3) is 0.412. The summed E-state index contributed by atoms with van der Waals surface area (Å²) >= 11 is 0. The van der Waals surface area contributed by atoms with Crippen molar-refractivity contribution < 1.29 is 9.18 Å². The second-order valence-corrected chi connectivity index (χ2v) is 6.24. The van der Waals surface area contributed by atoms with Crippen molar-refractivity contribution in [3.05, 3.63) is 47.4 Å². The molecule has 1 fully saturated rings. The molecule has 6 nitrogen and oxygen atoms in total. The number of anilines is 1. The van der Waals surface area contributed by atoms with Crippen molar-refractivity contribution in [3.63, 3.8) is 0 Å². The zero-order valence-electron chi connectivity index (χ0n) is 13.7. The van der Waals surface area contributed by atoms with Crippen LogP contribution in [0.15, 0.2) is 30.5 Å². The number of halogens is 1. The molecule has 0 spiro atoms. The van der Waals surface area contributed by atoms with Crippen molar-refractivity contribution in [2.75, 3.05) is 18.4 Å². The third kappa shape index (κ3) is 3.73. The van der Waals surface area contributed by atoms with E-state index in [-0.39, 0.29) is 17.9 Å². The Hall–Kier alpha value is -2.41. The maximum absolute atomic E-state index is 13.3. The predicted octanol–water partition coefficient (Wildman–Crippen LogP) is 2.33. The molecule has 1 aliphatic rings. The maximum atomic E-state index is 13.3. The van der Waals surface area contributed by atoms with Crippen molar-refractivity contribution in [2.24, 2.45) is 5.73 Å². The number of likely N-dealkylation sites (tertiary alicyclic amines) is 1. The smallest absolute Gasteiger partial charge is 0.323 e. The van der Waals surface area contributed by atoms with Crippen LogP contribution in [0.5, 0.6) is 0 Å². The quantitative estimate of drug-likeness (QED) is 0.906. The van der Waals surface area contributed by atoms with Crippen LogP contribution in [0.2, 0.25) is 0 Å². The van der Waals surface area contributed by atoms with Crippen molar-refractivity contribution in [1.29, 1.82) is 0 Å². The van der Waals surface area contributed by atoms with E-state index in [0.717, 1.165) is 24.0 Å². The Labute approximate surface area is 140 Å². The highest BCUT2D eigenvalue weighted by molar-refractivity contribution is 5.89. The molecule has 3 rings (SSSR count). The number of aryl methyl sites for hydroxylation is 1. The minimum atomic E-state index is -0.288. The number of nitrogens with one attached hydrogen (secondary N) is 1. The van der Waals surface area contributed by atoms with Gasteiger partial charge in [-0.2, -0.15) is 5.10 Å². The van der Waals surface area contributed by atoms with Crippen LogP contribution in [0.25, 0.3) is 0 Å². The SMILES string of the molecule is Cc1cnn(Cc2cccc(F)c2)c1NC(=O)N1CCC[C@H](N)C1. The molecule has 1 saturated heterocycles. The number of urea groups is 1. The molecule has 2 amide bonds. The number of nitrogens with two attached hydrogens (primary N) is 1. The number of hydrogen-bond acceptors (Lipinski definition) is 3. The van der Waals surface area contributed by atoms with E-state index in [4.69, 9.17) is 5.73 Å². The standard InChI is InChI=1S/C17H22FN5O/c1-12-9-20-23(10-13-4-2-5-14(18)8-13)16(12)21-17(24)22-7-3-6-15(19)11-22/h2,4-5,8-9,15H,3,6-7,10-11,19H2,1H3,(H,21,24)/t15-/m0/s1. The third-order valence-electron chi connectivity index (χ3n) is 4.21. The lowest BCUT2D eigenvalue weighted by Crippen LogP contribution is -2.47. The Morgan fingerprint density at radius 1 is 1.50 bits per heavy atom. The average Bonchev–Trinajstić information content (AvgIpc) is 2.88. The highest BCUT2D eigenvalue weighted by Gasteiger charge is 2.22. The van der Waals surface area contributed by atoms with Gasteiger partial charge in [0.15, 0.2) is 0 Å². The Morgan fingerprint density at radius 2 is 2.33 bits per heavy atom. The molecule has 1 atom stereocenters. The number of benzene rings is 1. The van der Waals surface area contributed by atoms with Crippen LogP contribution in [0.4, 0.5) is 15.0 Å². The number of carbonyl (C=O) groups is 1. The molecule has 3 N–H and O–H groups in total. The van der Waals surface area contributed by atoms with Gasteiger partial charge in [-0.25, -0.2) is 13.9 Å². The van der Waals surface area contributed by atoms with E-state index in [1.165, 1.54) is 12.1 Å². The largest absolute Gasteiger partial charge is 0.326 e. The summed E-state index contributed by atoms with van der Waals surface area (Å²) in [6.45, 7) is 3.53. The van der Waals surface area contributed by atoms with Crippen molar-refractivity contribution in [3.8, 4) is 0 Å². The predicted molar refractivity (Wildman–Crippen MR) is 90.3 cm³/mol. The number of amides is 2. The molecule has 128 valence electrons. The molecular weight excluding hydrogens is 309 g/mol. The Bertz CT molecular complexity index is 730. The second kappa shape index (κ2) is 7.00. The highest BCUT2D eigenvalue weighted by atomic mass is 19.1. The molecule has 1 aromatic carbocycles. The van der Waals surface area contributed by atoms with Crippen LogP contribution in [0.3, 0.4) is 0 Å². The van der Waals surface area contributed by atoms with Gasteiger partial charge in [0.1, 0.15) is 11.6 Å². The first kappa shape index (κ1) is 16.4. The zero-order chi connectivity index (χ0) is 17.1. The lowest BCUT2D eigenvalue weighted by molar-refractivity contribution is 0.193. The second-order valence-electron chi connectivity index (χ2n) is 6.24. The average molecular weight is 331 g/mol. The van der Waals surface area contributed by atoms with Crippen LogP contribution < -0.4 is 11.1 Å². The minimum absolute atomic E-state index is 0.0304. The number of carbonyl (C=O) groups excluding carboxylic acids is 1. The summed E-state index contributed by atoms with van der Waals surface area (Å²) in [5.41, 5.74) is 7.59. The van der Waals surface area contributed by atoms with Crippen LogP contribution in [0.1, 0.15) is 24.0 Å². The van der Waals surface area contributed by atoms with E-state index in [1.54, 1.807) is 21.8 Å². The van der Waals surface area contributed by atoms with Gasteiger partial charge in [0.2, 0.25) is 0 Å². The van der Waals surface area contributed by atoms with Gasteiger partial charge < -0.3 is 10.6 Å². The van der Waals surface area contributed by atoms with Gasteiger partial charge in [-0.15, -0.1) is 0 Å². The van der Waals surface area contributed by atoms with E-state index in [1.807, 2.05) is 13.0 Å². The molecule has 0 saturated carbocycles. The van der Waals surface area contributed by atoms with Crippen LogP contribution >= 0.6 is 0 Å². The van der Waals surface area contributed by atoms with E-state index < -0.39 is 0 Å². The summed E-state index contributed by atoms with van der Waals surface area (Å²) in [5.74, 6) is 0.340. The number of hydrogen-bond donors (Lipinski definition) is 2. The zero-order valence-corrected chi connectivity index (χ0v) is 13.7. The van der Waals surface area contributed by atoms with Gasteiger partial charge in [0.25, 0.3) is 0 Å². The van der Waals surface area contributed by atoms with E-state index in [2.05, 4.69) is 10.4 Å². The normalized spacial score (nSPS) is 17.8. The van der Waals surface area contributed by atoms with Crippen molar-refractivity contribution in [2.45, 2.75) is 32.4 Å². The summed E-state index contributed by atoms with van der Waals surface area (Å²) in [5, 5.41) is 7.21. The van der Waals surface area contributed by atoms with E-state index in [9.17, 15) is 9.18 Å². The van der Waals surface area contributed by atoms with Crippen LogP contribution in [0, 0.1) is 12.7 Å². The third-order valence-corrected chi connectivity index (χ3v) is 4.21. The van der Waals surface area contributed by atoms with Crippen molar-refractivity contribution in [1.82, 2.24) is 14.7 Å². The Balaban J connectivity index is 1.74. The summed E-state index contributed by atoms with van der Waals surface area (Å²) in [6, 6.07) is 6.22. The molecule has 24 heavy (non-hydrogen) atoms. The first-order valence-electron chi connectivity index (χ1n) is 8.11. The van der Waals surface area contributed by atoms with E-state index >= 15 is 0 Å². The Morgan fingerprint density at radius 3 is 3.08 bits per heavy atom.